The maximum Gasteiger partial charge on any atom is 0.141 e. The van der Waals surface area contributed by atoms with Crippen molar-refractivity contribution in [1.82, 2.24) is 4.98 Å². The van der Waals surface area contributed by atoms with Crippen molar-refractivity contribution in [2.45, 2.75) is 30.9 Å². The molecule has 1 aromatic heterocycles. The molecule has 0 N–H and O–H groups in total. The summed E-state index contributed by atoms with van der Waals surface area (Å²) in [5.41, 5.74) is 0.492. The molecule has 1 aromatic rings. The van der Waals surface area contributed by atoms with Gasteiger partial charge in [0.1, 0.15) is 11.8 Å². The van der Waals surface area contributed by atoms with E-state index < -0.39 is 0 Å². The molecule has 0 aliphatic carbocycles. The minimum Gasteiger partial charge on any atom is -0.245 e. The van der Waals surface area contributed by atoms with Crippen molar-refractivity contribution in [3.05, 3.63) is 24.0 Å². The Kier molecular flexibility index (Phi) is 3.97. The quantitative estimate of drug-likeness (QED) is 0.713. The van der Waals surface area contributed by atoms with Gasteiger partial charge in [0.15, 0.2) is 0 Å². The molecule has 74 valence electrons. The van der Waals surface area contributed by atoms with Gasteiger partial charge in [-0.1, -0.05) is 20.8 Å². The molecule has 0 fully saturated rings. The lowest BCUT2D eigenvalue weighted by atomic mass is 10.2. The van der Waals surface area contributed by atoms with Crippen LogP contribution in [0, 0.1) is 17.2 Å². The predicted molar refractivity (Wildman–Crippen MR) is 59.1 cm³/mol. The van der Waals surface area contributed by atoms with Gasteiger partial charge in [-0.15, -0.1) is 11.8 Å². The molecule has 0 bridgehead atoms. The Morgan fingerprint density at radius 1 is 1.43 bits per heavy atom. The maximum absolute atomic E-state index is 8.68. The molecule has 0 saturated carbocycles. The van der Waals surface area contributed by atoms with Crippen LogP contribution in [-0.4, -0.2) is 10.2 Å². The molecule has 3 heteroatoms. The van der Waals surface area contributed by atoms with Crippen LogP contribution in [0.2, 0.25) is 0 Å². The Hall–Kier alpha value is -1.01. The zero-order chi connectivity index (χ0) is 10.6. The van der Waals surface area contributed by atoms with Gasteiger partial charge in [0.05, 0.1) is 0 Å². The molecule has 1 rings (SSSR count). The zero-order valence-corrected chi connectivity index (χ0v) is 9.51. The third-order valence-corrected chi connectivity index (χ3v) is 3.55. The van der Waals surface area contributed by atoms with Crippen LogP contribution in [0.4, 0.5) is 0 Å². The maximum atomic E-state index is 8.68. The molecule has 0 aliphatic rings. The van der Waals surface area contributed by atoms with E-state index in [0.717, 1.165) is 4.90 Å². The molecule has 0 amide bonds. The lowest BCUT2D eigenvalue weighted by Crippen LogP contribution is -2.05. The molecule has 2 nitrogen and oxygen atoms in total. The van der Waals surface area contributed by atoms with E-state index in [0.29, 0.717) is 16.9 Å². The summed E-state index contributed by atoms with van der Waals surface area (Å²) in [4.78, 5) is 5.06. The Balaban J connectivity index is 2.73. The molecular weight excluding hydrogens is 192 g/mol. The van der Waals surface area contributed by atoms with E-state index in [2.05, 4.69) is 25.8 Å². The summed E-state index contributed by atoms with van der Waals surface area (Å²) >= 11 is 1.79. The van der Waals surface area contributed by atoms with Crippen molar-refractivity contribution in [2.75, 3.05) is 0 Å². The van der Waals surface area contributed by atoms with Crippen LogP contribution in [0.1, 0.15) is 26.5 Å². The molecule has 0 saturated heterocycles. The van der Waals surface area contributed by atoms with Crippen molar-refractivity contribution < 1.29 is 0 Å². The van der Waals surface area contributed by atoms with Gasteiger partial charge in [0, 0.05) is 16.3 Å². The van der Waals surface area contributed by atoms with E-state index in [-0.39, 0.29) is 0 Å². The van der Waals surface area contributed by atoms with E-state index in [1.165, 1.54) is 0 Å². The Labute approximate surface area is 89.4 Å². The fraction of sp³-hybridized carbons (Fsp3) is 0.455. The summed E-state index contributed by atoms with van der Waals surface area (Å²) < 4.78 is 0. The fourth-order valence-electron chi connectivity index (χ4n) is 0.896. The van der Waals surface area contributed by atoms with E-state index >= 15 is 0 Å². The number of aromatic nitrogens is 1. The normalized spacial score (nSPS) is 12.5. The molecule has 14 heavy (non-hydrogen) atoms. The number of hydrogen-bond acceptors (Lipinski definition) is 3. The smallest absolute Gasteiger partial charge is 0.141 e. The summed E-state index contributed by atoms with van der Waals surface area (Å²) in [7, 11) is 0. The highest BCUT2D eigenvalue weighted by molar-refractivity contribution is 8.00. The van der Waals surface area contributed by atoms with Gasteiger partial charge >= 0.3 is 0 Å². The molecule has 1 unspecified atom stereocenters. The first-order valence-electron chi connectivity index (χ1n) is 4.66. The Morgan fingerprint density at radius 3 is 2.71 bits per heavy atom. The highest BCUT2D eigenvalue weighted by Crippen LogP contribution is 2.27. The molecular formula is C11H14N2S. The second kappa shape index (κ2) is 5.02. The summed E-state index contributed by atoms with van der Waals surface area (Å²) in [6, 6.07) is 5.83. The largest absolute Gasteiger partial charge is 0.245 e. The minimum atomic E-state index is 0.492. The zero-order valence-electron chi connectivity index (χ0n) is 8.69. The monoisotopic (exact) mass is 206 g/mol. The topological polar surface area (TPSA) is 36.7 Å². The van der Waals surface area contributed by atoms with Gasteiger partial charge in [-0.05, 0) is 18.1 Å². The summed E-state index contributed by atoms with van der Waals surface area (Å²) in [5.74, 6) is 0.638. The third kappa shape index (κ3) is 3.04. The highest BCUT2D eigenvalue weighted by atomic mass is 32.2. The average Bonchev–Trinajstić information content (AvgIpc) is 2.18. The lowest BCUT2D eigenvalue weighted by Gasteiger charge is -2.14. The number of nitriles is 1. The first-order valence-corrected chi connectivity index (χ1v) is 5.54. The van der Waals surface area contributed by atoms with Gasteiger partial charge < -0.3 is 0 Å². The van der Waals surface area contributed by atoms with Crippen molar-refractivity contribution in [3.8, 4) is 6.07 Å². The number of pyridine rings is 1. The van der Waals surface area contributed by atoms with Crippen molar-refractivity contribution in [3.63, 3.8) is 0 Å². The molecule has 1 atom stereocenters. The second-order valence-electron chi connectivity index (χ2n) is 3.56. The van der Waals surface area contributed by atoms with Crippen molar-refractivity contribution in [1.29, 1.82) is 5.26 Å². The van der Waals surface area contributed by atoms with E-state index in [9.17, 15) is 0 Å². The van der Waals surface area contributed by atoms with Gasteiger partial charge in [-0.2, -0.15) is 5.26 Å². The van der Waals surface area contributed by atoms with Crippen LogP contribution in [0.25, 0.3) is 0 Å². The van der Waals surface area contributed by atoms with Crippen LogP contribution in [0.3, 0.4) is 0 Å². The third-order valence-electron chi connectivity index (χ3n) is 2.11. The number of nitrogens with zero attached hydrogens (tertiary/aromatic N) is 2. The second-order valence-corrected chi connectivity index (χ2v) is 5.01. The highest BCUT2D eigenvalue weighted by Gasteiger charge is 2.08. The van der Waals surface area contributed by atoms with Crippen LogP contribution >= 0.6 is 11.8 Å². The molecule has 0 radical (unpaired) electrons. The molecule has 0 aromatic carbocycles. The van der Waals surface area contributed by atoms with Crippen LogP contribution in [-0.2, 0) is 0 Å². The van der Waals surface area contributed by atoms with Crippen LogP contribution < -0.4 is 0 Å². The lowest BCUT2D eigenvalue weighted by molar-refractivity contribution is 0.642. The minimum absolute atomic E-state index is 0.492. The summed E-state index contributed by atoms with van der Waals surface area (Å²) in [5, 5.41) is 9.24. The number of rotatable bonds is 3. The molecule has 1 heterocycles. The van der Waals surface area contributed by atoms with Crippen molar-refractivity contribution in [2.24, 2.45) is 5.92 Å². The standard InChI is InChI=1S/C11H14N2S/c1-8(2)9(3)14-11-4-5-13-10(6-11)7-12/h4-6,8-9H,1-3H3. The first-order chi connectivity index (χ1) is 6.63. The molecule has 0 spiro atoms. The van der Waals surface area contributed by atoms with Gasteiger partial charge in [-0.3, -0.25) is 0 Å². The average molecular weight is 206 g/mol. The summed E-state index contributed by atoms with van der Waals surface area (Å²) in [6.45, 7) is 6.59. The van der Waals surface area contributed by atoms with E-state index in [1.54, 1.807) is 18.0 Å². The summed E-state index contributed by atoms with van der Waals surface area (Å²) in [6.07, 6.45) is 1.69. The molecule has 0 aliphatic heterocycles. The van der Waals surface area contributed by atoms with Crippen LogP contribution in [0.5, 0.6) is 0 Å². The Bertz CT molecular complexity index is 341. The Morgan fingerprint density at radius 2 is 2.14 bits per heavy atom. The van der Waals surface area contributed by atoms with Gasteiger partial charge in [0.25, 0.3) is 0 Å². The van der Waals surface area contributed by atoms with Gasteiger partial charge in [-0.25, -0.2) is 4.98 Å². The van der Waals surface area contributed by atoms with E-state index in [4.69, 9.17) is 5.26 Å². The van der Waals surface area contributed by atoms with Crippen molar-refractivity contribution >= 4 is 11.8 Å². The van der Waals surface area contributed by atoms with Gasteiger partial charge in [0.2, 0.25) is 0 Å². The van der Waals surface area contributed by atoms with Crippen LogP contribution in [0.15, 0.2) is 23.2 Å². The fourth-order valence-corrected chi connectivity index (χ4v) is 1.92. The predicted octanol–water partition coefficient (Wildman–Crippen LogP) is 3.09. The van der Waals surface area contributed by atoms with E-state index in [1.807, 2.05) is 18.2 Å². The number of hydrogen-bond donors (Lipinski definition) is 0. The number of thioether (sulfide) groups is 1. The SMILES string of the molecule is CC(C)C(C)Sc1ccnc(C#N)c1. The first kappa shape index (κ1) is 11.1.